The quantitative estimate of drug-likeness (QED) is 0.172. The summed E-state index contributed by atoms with van der Waals surface area (Å²) in [5, 5.41) is 8.29. The maximum absolute atomic E-state index is 2.32. The van der Waals surface area contributed by atoms with E-state index in [0.29, 0.717) is 0 Å². The zero-order chi connectivity index (χ0) is 29.5. The Balaban J connectivity index is 0.000000129. The SMILES string of the molecule is CCc1ccc2c(c1)[cH-]c1cc(CC)ccc12.Cc1ccc2[cH-]cc(C)c2c1.[Zr+2]=[C](c1ccccc1)c1ccccc1. The molecule has 7 aromatic rings. The molecule has 0 heterocycles. The van der Waals surface area contributed by atoms with Gasteiger partial charge in [0, 0.05) is 0 Å². The summed E-state index contributed by atoms with van der Waals surface area (Å²) in [5.74, 6) is 0. The summed E-state index contributed by atoms with van der Waals surface area (Å²) < 4.78 is 1.42. The van der Waals surface area contributed by atoms with Crippen molar-refractivity contribution >= 4 is 35.5 Å². The number of rotatable bonds is 4. The third-order valence-corrected chi connectivity index (χ3v) is 9.34. The summed E-state index contributed by atoms with van der Waals surface area (Å²) in [6, 6.07) is 48.0. The second-order valence-electron chi connectivity index (χ2n) is 10.9. The van der Waals surface area contributed by atoms with Gasteiger partial charge in [-0.15, -0.1) is 74.8 Å². The van der Waals surface area contributed by atoms with Crippen LogP contribution in [0.1, 0.15) is 47.2 Å². The van der Waals surface area contributed by atoms with Crippen molar-refractivity contribution in [1.29, 1.82) is 0 Å². The van der Waals surface area contributed by atoms with E-state index >= 15 is 0 Å². The predicted octanol–water partition coefficient (Wildman–Crippen LogP) is 10.8. The molecule has 0 unspecified atom stereocenters. The summed E-state index contributed by atoms with van der Waals surface area (Å²) in [7, 11) is 0. The fraction of sp³-hybridized carbons (Fsp3) is 0.146. The van der Waals surface area contributed by atoms with Crippen LogP contribution in [-0.2, 0) is 37.1 Å². The molecule has 0 aliphatic rings. The van der Waals surface area contributed by atoms with E-state index in [-0.39, 0.29) is 0 Å². The molecular formula is C41H38Zr. The van der Waals surface area contributed by atoms with Gasteiger partial charge in [0.05, 0.1) is 0 Å². The number of benzene rings is 5. The second-order valence-corrected chi connectivity index (χ2v) is 12.1. The first kappa shape index (κ1) is 29.8. The fourth-order valence-electron chi connectivity index (χ4n) is 5.40. The Labute approximate surface area is 265 Å². The summed E-state index contributed by atoms with van der Waals surface area (Å²) in [6.07, 6.45) is 2.22. The average Bonchev–Trinajstić information content (AvgIpc) is 3.60. The van der Waals surface area contributed by atoms with E-state index in [2.05, 4.69) is 161 Å². The summed E-state index contributed by atoms with van der Waals surface area (Å²) in [4.78, 5) is 0. The summed E-state index contributed by atoms with van der Waals surface area (Å²) >= 11 is 1.46. The van der Waals surface area contributed by atoms with E-state index in [0.717, 1.165) is 12.8 Å². The average molecular weight is 622 g/mol. The van der Waals surface area contributed by atoms with Gasteiger partial charge in [-0.1, -0.05) is 61.7 Å². The van der Waals surface area contributed by atoms with Gasteiger partial charge in [-0.05, 0) is 19.8 Å². The molecule has 0 bridgehead atoms. The van der Waals surface area contributed by atoms with E-state index < -0.39 is 0 Å². The van der Waals surface area contributed by atoms with Crippen molar-refractivity contribution < 1.29 is 24.2 Å². The zero-order valence-electron chi connectivity index (χ0n) is 25.1. The van der Waals surface area contributed by atoms with E-state index in [1.165, 1.54) is 93.1 Å². The molecule has 0 fully saturated rings. The van der Waals surface area contributed by atoms with Crippen LogP contribution in [0.3, 0.4) is 0 Å². The molecule has 0 nitrogen and oxygen atoms in total. The van der Waals surface area contributed by atoms with E-state index in [1.54, 1.807) is 0 Å². The number of aryl methyl sites for hydroxylation is 4. The van der Waals surface area contributed by atoms with E-state index in [9.17, 15) is 0 Å². The van der Waals surface area contributed by atoms with Crippen LogP contribution in [0.15, 0.2) is 133 Å². The fourth-order valence-corrected chi connectivity index (χ4v) is 6.22. The van der Waals surface area contributed by atoms with Gasteiger partial charge < -0.3 is 0 Å². The summed E-state index contributed by atoms with van der Waals surface area (Å²) in [6.45, 7) is 8.70. The van der Waals surface area contributed by atoms with Gasteiger partial charge in [0.25, 0.3) is 0 Å². The van der Waals surface area contributed by atoms with Crippen molar-refractivity contribution in [2.75, 3.05) is 0 Å². The molecule has 42 heavy (non-hydrogen) atoms. The Morgan fingerprint density at radius 3 is 1.60 bits per heavy atom. The third-order valence-electron chi connectivity index (χ3n) is 7.92. The van der Waals surface area contributed by atoms with Gasteiger partial charge in [0.1, 0.15) is 0 Å². The van der Waals surface area contributed by atoms with Gasteiger partial charge in [-0.3, -0.25) is 0 Å². The maximum atomic E-state index is 2.32. The van der Waals surface area contributed by atoms with Crippen LogP contribution in [0.5, 0.6) is 0 Å². The van der Waals surface area contributed by atoms with Gasteiger partial charge in [-0.25, -0.2) is 0 Å². The molecule has 0 radical (unpaired) electrons. The Hall–Kier alpha value is -3.67. The predicted molar refractivity (Wildman–Crippen MR) is 181 cm³/mol. The van der Waals surface area contributed by atoms with E-state index in [4.69, 9.17) is 0 Å². The van der Waals surface area contributed by atoms with Gasteiger partial charge in [0.15, 0.2) is 0 Å². The first-order chi connectivity index (χ1) is 20.5. The van der Waals surface area contributed by atoms with Crippen LogP contribution < -0.4 is 0 Å². The van der Waals surface area contributed by atoms with Crippen molar-refractivity contribution in [3.8, 4) is 0 Å². The van der Waals surface area contributed by atoms with Crippen LogP contribution in [0.25, 0.3) is 32.3 Å². The van der Waals surface area contributed by atoms with Crippen LogP contribution in [0.4, 0.5) is 0 Å². The second kappa shape index (κ2) is 14.0. The Morgan fingerprint density at radius 2 is 1.10 bits per heavy atom. The molecule has 0 saturated carbocycles. The number of hydrogen-bond acceptors (Lipinski definition) is 0. The minimum atomic E-state index is 1.11. The third kappa shape index (κ3) is 7.03. The van der Waals surface area contributed by atoms with E-state index in [1.807, 2.05) is 0 Å². The molecule has 1 heteroatoms. The molecule has 0 spiro atoms. The van der Waals surface area contributed by atoms with Gasteiger partial charge in [0.2, 0.25) is 0 Å². The Kier molecular flexibility index (Phi) is 9.94. The van der Waals surface area contributed by atoms with Crippen LogP contribution >= 0.6 is 0 Å². The molecule has 7 aromatic carbocycles. The molecular weight excluding hydrogens is 584 g/mol. The first-order valence-electron chi connectivity index (χ1n) is 14.9. The van der Waals surface area contributed by atoms with Crippen LogP contribution in [-0.4, -0.2) is 3.21 Å². The van der Waals surface area contributed by atoms with Crippen molar-refractivity contribution in [1.82, 2.24) is 0 Å². The normalized spacial score (nSPS) is 10.7. The number of fused-ring (bicyclic) bond motifs is 4. The van der Waals surface area contributed by atoms with Crippen molar-refractivity contribution in [3.63, 3.8) is 0 Å². The minimum absolute atomic E-state index is 1.11. The standard InChI is InChI=1S/C17H17.C13H10.C11H11.Zr/c1-3-12-5-7-16-14(9-12)11-15-10-13(4-2)6-8-17(15)16;1-3-7-12(8-4-1)11-13-9-5-2-6-10-13;1-8-3-5-10-6-4-9(2)11(10)7-8;/h5-11H,3-4H2,1-2H3;1-10H;3-7H,1-2H3;/q-1;;-1;+2. The monoisotopic (exact) mass is 620 g/mol. The summed E-state index contributed by atoms with van der Waals surface area (Å²) in [5.41, 5.74) is 8.22. The molecule has 0 atom stereocenters. The molecule has 0 amide bonds. The van der Waals surface area contributed by atoms with Crippen LogP contribution in [0, 0.1) is 13.8 Å². The molecule has 0 aromatic heterocycles. The van der Waals surface area contributed by atoms with Crippen molar-refractivity contribution in [2.45, 2.75) is 40.5 Å². The Morgan fingerprint density at radius 1 is 0.571 bits per heavy atom. The Bertz CT molecular complexity index is 1820. The molecule has 0 aliphatic carbocycles. The van der Waals surface area contributed by atoms with Gasteiger partial charge in [-0.2, -0.15) is 11.6 Å². The van der Waals surface area contributed by atoms with Crippen molar-refractivity contribution in [2.24, 2.45) is 0 Å². The molecule has 206 valence electrons. The molecule has 0 aliphatic heterocycles. The zero-order valence-corrected chi connectivity index (χ0v) is 27.6. The molecule has 7 rings (SSSR count). The first-order valence-corrected chi connectivity index (χ1v) is 16.1. The molecule has 0 N–H and O–H groups in total. The number of hydrogen-bond donors (Lipinski definition) is 0. The topological polar surface area (TPSA) is 0 Å². The van der Waals surface area contributed by atoms with Crippen molar-refractivity contribution in [3.05, 3.63) is 167 Å². The van der Waals surface area contributed by atoms with Crippen LogP contribution in [0.2, 0.25) is 0 Å². The molecule has 0 saturated heterocycles. The van der Waals surface area contributed by atoms with Gasteiger partial charge >= 0.3 is 99.2 Å².